The molecule has 2 aromatic rings. The molecule has 0 spiro atoms. The Kier molecular flexibility index (Phi) is 8.39. The molecule has 30 heavy (non-hydrogen) atoms. The number of nitrogens with one attached hydrogen (secondary N) is 3. The lowest BCUT2D eigenvalue weighted by atomic mass is 10.3. The van der Waals surface area contributed by atoms with Gasteiger partial charge in [0.15, 0.2) is 6.61 Å². The van der Waals surface area contributed by atoms with Crippen molar-refractivity contribution in [1.29, 1.82) is 0 Å². The molecule has 0 radical (unpaired) electrons. The molecule has 0 aliphatic carbocycles. The predicted octanol–water partition coefficient (Wildman–Crippen LogP) is 1.83. The van der Waals surface area contributed by atoms with Gasteiger partial charge in [0.1, 0.15) is 6.54 Å². The Hall–Kier alpha value is -2.89. The van der Waals surface area contributed by atoms with Crippen molar-refractivity contribution in [1.82, 2.24) is 4.72 Å². The number of rotatable bonds is 9. The fourth-order valence-electron chi connectivity index (χ4n) is 2.29. The van der Waals surface area contributed by atoms with Crippen molar-refractivity contribution < 1.29 is 27.5 Å². The first-order valence-electron chi connectivity index (χ1n) is 8.67. The second-order valence-corrected chi connectivity index (χ2v) is 8.55. The van der Waals surface area contributed by atoms with Crippen molar-refractivity contribution in [2.24, 2.45) is 0 Å². The molecule has 0 atom stereocenters. The number of benzene rings is 2. The van der Waals surface area contributed by atoms with Crippen LogP contribution in [0.1, 0.15) is 6.92 Å². The van der Waals surface area contributed by atoms with E-state index < -0.39 is 35.1 Å². The van der Waals surface area contributed by atoms with E-state index in [9.17, 15) is 22.8 Å². The molecule has 0 saturated carbocycles. The fraction of sp³-hybridized carbons (Fsp3) is 0.211. The molecule has 2 rings (SSSR count). The van der Waals surface area contributed by atoms with Gasteiger partial charge < -0.3 is 15.4 Å². The second kappa shape index (κ2) is 10.8. The van der Waals surface area contributed by atoms with Crippen LogP contribution in [0.3, 0.4) is 0 Å². The SMILES string of the molecule is CSc1ccccc1NC(=O)COC(=O)CNS(=O)(=O)c1ccc(NC(C)=O)cc1. The summed E-state index contributed by atoms with van der Waals surface area (Å²) in [7, 11) is -3.96. The molecule has 0 aliphatic rings. The highest BCUT2D eigenvalue weighted by atomic mass is 32.2. The average molecular weight is 452 g/mol. The van der Waals surface area contributed by atoms with Gasteiger partial charge in [-0.2, -0.15) is 4.72 Å². The van der Waals surface area contributed by atoms with E-state index in [1.54, 1.807) is 12.1 Å². The maximum Gasteiger partial charge on any atom is 0.321 e. The molecule has 0 aliphatic heterocycles. The minimum absolute atomic E-state index is 0.0872. The summed E-state index contributed by atoms with van der Waals surface area (Å²) in [6, 6.07) is 12.6. The van der Waals surface area contributed by atoms with Gasteiger partial charge in [-0.3, -0.25) is 14.4 Å². The smallest absolute Gasteiger partial charge is 0.321 e. The van der Waals surface area contributed by atoms with Gasteiger partial charge in [-0.05, 0) is 42.7 Å². The zero-order valence-corrected chi connectivity index (χ0v) is 17.9. The third-order valence-corrected chi connectivity index (χ3v) is 5.85. The normalized spacial score (nSPS) is 10.9. The van der Waals surface area contributed by atoms with Crippen molar-refractivity contribution in [2.45, 2.75) is 16.7 Å². The molecule has 9 nitrogen and oxygen atoms in total. The topological polar surface area (TPSA) is 131 Å². The van der Waals surface area contributed by atoms with Crippen LogP contribution in [0.25, 0.3) is 0 Å². The Labute approximate surface area is 178 Å². The molecular formula is C19H21N3O6S2. The number of hydrogen-bond donors (Lipinski definition) is 3. The number of ether oxygens (including phenoxy) is 1. The van der Waals surface area contributed by atoms with E-state index in [1.807, 2.05) is 18.4 Å². The Morgan fingerprint density at radius 1 is 1.00 bits per heavy atom. The van der Waals surface area contributed by atoms with Crippen molar-refractivity contribution in [3.63, 3.8) is 0 Å². The van der Waals surface area contributed by atoms with Gasteiger partial charge in [0, 0.05) is 17.5 Å². The van der Waals surface area contributed by atoms with Gasteiger partial charge in [0.25, 0.3) is 5.91 Å². The van der Waals surface area contributed by atoms with Gasteiger partial charge in [0.2, 0.25) is 15.9 Å². The van der Waals surface area contributed by atoms with Crippen LogP contribution in [-0.2, 0) is 29.1 Å². The van der Waals surface area contributed by atoms with Gasteiger partial charge in [-0.1, -0.05) is 12.1 Å². The van der Waals surface area contributed by atoms with Crippen LogP contribution < -0.4 is 15.4 Å². The van der Waals surface area contributed by atoms with Crippen LogP contribution in [0.15, 0.2) is 58.3 Å². The summed E-state index contributed by atoms with van der Waals surface area (Å²) in [4.78, 5) is 35.5. The molecule has 160 valence electrons. The summed E-state index contributed by atoms with van der Waals surface area (Å²) in [5, 5.41) is 5.15. The molecule has 11 heteroatoms. The maximum atomic E-state index is 12.2. The van der Waals surface area contributed by atoms with Gasteiger partial charge >= 0.3 is 5.97 Å². The van der Waals surface area contributed by atoms with E-state index in [-0.39, 0.29) is 10.8 Å². The fourth-order valence-corrected chi connectivity index (χ4v) is 3.81. The van der Waals surface area contributed by atoms with E-state index >= 15 is 0 Å². The molecule has 2 aromatic carbocycles. The molecule has 0 fully saturated rings. The molecule has 0 aromatic heterocycles. The largest absolute Gasteiger partial charge is 0.455 e. The van der Waals surface area contributed by atoms with E-state index in [4.69, 9.17) is 4.74 Å². The number of carbonyl (C=O) groups excluding carboxylic acids is 3. The predicted molar refractivity (Wildman–Crippen MR) is 114 cm³/mol. The Bertz CT molecular complexity index is 1020. The first kappa shape index (κ1) is 23.4. The third-order valence-electron chi connectivity index (χ3n) is 3.64. The number of amides is 2. The van der Waals surface area contributed by atoms with Crippen LogP contribution in [-0.4, -0.2) is 45.6 Å². The van der Waals surface area contributed by atoms with Crippen LogP contribution in [0.5, 0.6) is 0 Å². The number of hydrogen-bond acceptors (Lipinski definition) is 7. The Morgan fingerprint density at radius 3 is 2.30 bits per heavy atom. The molecule has 3 N–H and O–H groups in total. The highest BCUT2D eigenvalue weighted by Crippen LogP contribution is 2.24. The number of thioether (sulfide) groups is 1. The number of sulfonamides is 1. The molecule has 0 unspecified atom stereocenters. The monoisotopic (exact) mass is 451 g/mol. The lowest BCUT2D eigenvalue weighted by molar-refractivity contribution is -0.146. The summed E-state index contributed by atoms with van der Waals surface area (Å²) < 4.78 is 31.4. The lowest BCUT2D eigenvalue weighted by Gasteiger charge is -2.10. The van der Waals surface area contributed by atoms with Gasteiger partial charge in [0.05, 0.1) is 10.6 Å². The summed E-state index contributed by atoms with van der Waals surface area (Å²) in [5.41, 5.74) is 1.03. The van der Waals surface area contributed by atoms with Crippen LogP contribution in [0, 0.1) is 0 Å². The van der Waals surface area contributed by atoms with E-state index in [1.165, 1.54) is 43.0 Å². The van der Waals surface area contributed by atoms with Crippen molar-refractivity contribution >= 4 is 50.9 Å². The Balaban J connectivity index is 1.83. The average Bonchev–Trinajstić information content (AvgIpc) is 2.71. The van der Waals surface area contributed by atoms with E-state index in [0.717, 1.165) is 4.90 Å². The third kappa shape index (κ3) is 7.17. The molecular weight excluding hydrogens is 430 g/mol. The summed E-state index contributed by atoms with van der Waals surface area (Å²) >= 11 is 1.45. The van der Waals surface area contributed by atoms with Crippen molar-refractivity contribution in [3.05, 3.63) is 48.5 Å². The van der Waals surface area contributed by atoms with Crippen LogP contribution in [0.2, 0.25) is 0 Å². The molecule has 0 saturated heterocycles. The second-order valence-electron chi connectivity index (χ2n) is 5.94. The molecule has 0 heterocycles. The highest BCUT2D eigenvalue weighted by Gasteiger charge is 2.17. The van der Waals surface area contributed by atoms with Crippen LogP contribution in [0.4, 0.5) is 11.4 Å². The van der Waals surface area contributed by atoms with Gasteiger partial charge in [-0.25, -0.2) is 8.42 Å². The minimum Gasteiger partial charge on any atom is -0.455 e. The van der Waals surface area contributed by atoms with E-state index in [0.29, 0.717) is 11.4 Å². The number of para-hydroxylation sites is 1. The van der Waals surface area contributed by atoms with Gasteiger partial charge in [-0.15, -0.1) is 11.8 Å². The van der Waals surface area contributed by atoms with Crippen LogP contribution >= 0.6 is 11.8 Å². The summed E-state index contributed by atoms with van der Waals surface area (Å²) in [6.45, 7) is 0.152. The first-order valence-corrected chi connectivity index (χ1v) is 11.4. The number of carbonyl (C=O) groups is 3. The van der Waals surface area contributed by atoms with Crippen molar-refractivity contribution in [3.8, 4) is 0 Å². The quantitative estimate of drug-likeness (QED) is 0.392. The highest BCUT2D eigenvalue weighted by molar-refractivity contribution is 7.98. The maximum absolute atomic E-state index is 12.2. The zero-order valence-electron chi connectivity index (χ0n) is 16.3. The Morgan fingerprint density at radius 2 is 1.67 bits per heavy atom. The minimum atomic E-state index is -3.96. The first-order chi connectivity index (χ1) is 14.2. The van der Waals surface area contributed by atoms with E-state index in [2.05, 4.69) is 15.4 Å². The lowest BCUT2D eigenvalue weighted by Crippen LogP contribution is -2.32. The number of esters is 1. The zero-order chi connectivity index (χ0) is 22.1. The van der Waals surface area contributed by atoms with Crippen molar-refractivity contribution in [2.75, 3.05) is 30.0 Å². The number of anilines is 2. The summed E-state index contributed by atoms with van der Waals surface area (Å²) in [5.74, 6) is -1.73. The molecule has 2 amide bonds. The summed E-state index contributed by atoms with van der Waals surface area (Å²) in [6.07, 6.45) is 1.87. The standard InChI is InChI=1S/C19H21N3O6S2/c1-13(23)21-14-7-9-15(10-8-14)30(26,27)20-11-19(25)28-12-18(24)22-16-5-3-4-6-17(16)29-2/h3-10,20H,11-12H2,1-2H3,(H,21,23)(H,22,24). The molecule has 0 bridgehead atoms.